The first-order chi connectivity index (χ1) is 8.63. The van der Waals surface area contributed by atoms with Crippen molar-refractivity contribution in [2.45, 2.75) is 57.0 Å². The number of carbonyl (C=O) groups is 1. The molecule has 3 fully saturated rings. The van der Waals surface area contributed by atoms with E-state index in [2.05, 4.69) is 5.32 Å². The summed E-state index contributed by atoms with van der Waals surface area (Å²) in [4.78, 5) is 13.9. The van der Waals surface area contributed by atoms with E-state index in [0.717, 1.165) is 32.2 Å². The fourth-order valence-electron chi connectivity index (χ4n) is 3.27. The molecule has 3 rings (SSSR count). The van der Waals surface area contributed by atoms with Crippen molar-refractivity contribution >= 4 is 6.03 Å². The maximum Gasteiger partial charge on any atom is 0.317 e. The third-order valence-electron chi connectivity index (χ3n) is 4.62. The van der Waals surface area contributed by atoms with Crippen molar-refractivity contribution in [2.24, 2.45) is 5.92 Å². The maximum atomic E-state index is 12.1. The first-order valence-electron chi connectivity index (χ1n) is 7.02. The lowest BCUT2D eigenvalue weighted by molar-refractivity contribution is 0.0419. The average Bonchev–Trinajstić information content (AvgIpc) is 2.94. The molecule has 5 nitrogen and oxygen atoms in total. The summed E-state index contributed by atoms with van der Waals surface area (Å²) in [5.74, 6) is 0.292. The Labute approximate surface area is 107 Å². The van der Waals surface area contributed by atoms with Gasteiger partial charge in [0.15, 0.2) is 0 Å². The van der Waals surface area contributed by atoms with E-state index in [-0.39, 0.29) is 24.3 Å². The molecule has 5 atom stereocenters. The number of piperidine rings is 1. The number of β-amino-alcohol motifs (C(OH)–C–C–N with tert-alkyl or cyclic N) is 1. The third-order valence-corrected chi connectivity index (χ3v) is 4.62. The van der Waals surface area contributed by atoms with Crippen LogP contribution in [0.15, 0.2) is 0 Å². The van der Waals surface area contributed by atoms with Crippen LogP contribution in [-0.2, 0) is 4.74 Å². The molecule has 0 spiro atoms. The fourth-order valence-corrected chi connectivity index (χ4v) is 3.27. The molecule has 3 saturated heterocycles. The number of hydrogen-bond acceptors (Lipinski definition) is 3. The Kier molecular flexibility index (Phi) is 3.20. The molecule has 0 aliphatic carbocycles. The summed E-state index contributed by atoms with van der Waals surface area (Å²) in [6.45, 7) is 3.23. The van der Waals surface area contributed by atoms with Crippen molar-refractivity contribution in [3.05, 3.63) is 0 Å². The summed E-state index contributed by atoms with van der Waals surface area (Å²) >= 11 is 0. The van der Waals surface area contributed by atoms with E-state index in [1.807, 2.05) is 6.92 Å². The lowest BCUT2D eigenvalue weighted by atomic mass is 9.95. The number of nitrogens with zero attached hydrogens (tertiary/aromatic N) is 1. The average molecular weight is 254 g/mol. The fraction of sp³-hybridized carbons (Fsp3) is 0.923. The number of ether oxygens (including phenoxy) is 1. The van der Waals surface area contributed by atoms with Gasteiger partial charge >= 0.3 is 6.03 Å². The summed E-state index contributed by atoms with van der Waals surface area (Å²) in [5, 5.41) is 12.9. The predicted octanol–water partition coefficient (Wildman–Crippen LogP) is 0.719. The molecule has 0 saturated carbocycles. The van der Waals surface area contributed by atoms with Gasteiger partial charge in [0, 0.05) is 13.1 Å². The van der Waals surface area contributed by atoms with Gasteiger partial charge in [-0.15, -0.1) is 0 Å². The number of carbonyl (C=O) groups excluding carboxylic acids is 1. The minimum absolute atomic E-state index is 0.0397. The highest BCUT2D eigenvalue weighted by Gasteiger charge is 2.42. The van der Waals surface area contributed by atoms with Crippen LogP contribution in [0.5, 0.6) is 0 Å². The zero-order valence-corrected chi connectivity index (χ0v) is 10.8. The molecule has 18 heavy (non-hydrogen) atoms. The summed E-state index contributed by atoms with van der Waals surface area (Å²) in [6.07, 6.45) is 4.21. The minimum Gasteiger partial charge on any atom is -0.391 e. The normalized spacial score (nSPS) is 43.2. The number of aliphatic hydroxyl groups is 1. The van der Waals surface area contributed by atoms with Crippen LogP contribution in [0.3, 0.4) is 0 Å². The first kappa shape index (κ1) is 12.2. The maximum absolute atomic E-state index is 12.1. The monoisotopic (exact) mass is 254 g/mol. The quantitative estimate of drug-likeness (QED) is 0.725. The standard InChI is InChI=1S/C13H22N2O3/c1-8-4-5-15(7-11(8)16)13(17)14-10-6-9-2-3-12(10)18-9/h8-12,16H,2-7H2,1H3,(H,14,17). The van der Waals surface area contributed by atoms with Gasteiger partial charge in [0.1, 0.15) is 0 Å². The number of amides is 2. The molecule has 2 amide bonds. The van der Waals surface area contributed by atoms with Gasteiger partial charge in [0.25, 0.3) is 0 Å². The van der Waals surface area contributed by atoms with Crippen LogP contribution in [0.2, 0.25) is 0 Å². The summed E-state index contributed by atoms with van der Waals surface area (Å²) in [7, 11) is 0. The van der Waals surface area contributed by atoms with Crippen molar-refractivity contribution < 1.29 is 14.6 Å². The molecule has 2 N–H and O–H groups in total. The molecular formula is C13H22N2O3. The van der Waals surface area contributed by atoms with E-state index in [1.165, 1.54) is 0 Å². The van der Waals surface area contributed by atoms with Gasteiger partial charge in [-0.1, -0.05) is 6.92 Å². The number of nitrogens with one attached hydrogen (secondary N) is 1. The molecule has 5 unspecified atom stereocenters. The smallest absolute Gasteiger partial charge is 0.317 e. The zero-order chi connectivity index (χ0) is 12.7. The summed E-state index contributed by atoms with van der Waals surface area (Å²) in [5.41, 5.74) is 0. The Bertz CT molecular complexity index is 336. The Balaban J connectivity index is 1.52. The highest BCUT2D eigenvalue weighted by atomic mass is 16.5. The summed E-state index contributed by atoms with van der Waals surface area (Å²) in [6, 6.07) is 0.134. The SMILES string of the molecule is CC1CCN(C(=O)NC2CC3CCC2O3)CC1O. The Morgan fingerprint density at radius 2 is 2.22 bits per heavy atom. The predicted molar refractivity (Wildman–Crippen MR) is 66.2 cm³/mol. The van der Waals surface area contributed by atoms with E-state index >= 15 is 0 Å². The van der Waals surface area contributed by atoms with Gasteiger partial charge in [0.05, 0.1) is 24.4 Å². The van der Waals surface area contributed by atoms with Crippen LogP contribution < -0.4 is 5.32 Å². The number of hydrogen-bond donors (Lipinski definition) is 2. The Morgan fingerprint density at radius 3 is 2.83 bits per heavy atom. The van der Waals surface area contributed by atoms with Crippen LogP contribution in [0.25, 0.3) is 0 Å². The van der Waals surface area contributed by atoms with Gasteiger partial charge in [-0.25, -0.2) is 4.79 Å². The van der Waals surface area contributed by atoms with Gasteiger partial charge in [0.2, 0.25) is 0 Å². The highest BCUT2D eigenvalue weighted by molar-refractivity contribution is 5.74. The van der Waals surface area contributed by atoms with Crippen LogP contribution in [0, 0.1) is 5.92 Å². The minimum atomic E-state index is -0.388. The second-order valence-corrected chi connectivity index (χ2v) is 5.94. The molecule has 0 aromatic heterocycles. The lowest BCUT2D eigenvalue weighted by Gasteiger charge is -2.35. The van der Waals surface area contributed by atoms with Crippen molar-refractivity contribution in [1.82, 2.24) is 10.2 Å². The van der Waals surface area contributed by atoms with E-state index in [0.29, 0.717) is 18.6 Å². The van der Waals surface area contributed by atoms with Crippen molar-refractivity contribution in [3.8, 4) is 0 Å². The first-order valence-corrected chi connectivity index (χ1v) is 7.02. The number of likely N-dealkylation sites (tertiary alicyclic amines) is 1. The Morgan fingerprint density at radius 1 is 1.39 bits per heavy atom. The number of aliphatic hydroxyl groups excluding tert-OH is 1. The number of urea groups is 1. The van der Waals surface area contributed by atoms with Crippen molar-refractivity contribution in [3.63, 3.8) is 0 Å². The molecule has 102 valence electrons. The van der Waals surface area contributed by atoms with E-state index < -0.39 is 0 Å². The number of fused-ring (bicyclic) bond motifs is 2. The second-order valence-electron chi connectivity index (χ2n) is 5.94. The number of rotatable bonds is 1. The summed E-state index contributed by atoms with van der Waals surface area (Å²) < 4.78 is 5.73. The molecule has 3 aliphatic heterocycles. The molecule has 0 aromatic carbocycles. The highest BCUT2D eigenvalue weighted by Crippen LogP contribution is 2.34. The van der Waals surface area contributed by atoms with Gasteiger partial charge in [-0.05, 0) is 31.6 Å². The van der Waals surface area contributed by atoms with Crippen molar-refractivity contribution in [2.75, 3.05) is 13.1 Å². The topological polar surface area (TPSA) is 61.8 Å². The van der Waals surface area contributed by atoms with E-state index in [4.69, 9.17) is 4.74 Å². The van der Waals surface area contributed by atoms with Crippen LogP contribution in [0.1, 0.15) is 32.6 Å². The third kappa shape index (κ3) is 2.21. The molecule has 3 heterocycles. The van der Waals surface area contributed by atoms with E-state index in [9.17, 15) is 9.90 Å². The van der Waals surface area contributed by atoms with Crippen LogP contribution in [-0.4, -0.2) is 53.5 Å². The van der Waals surface area contributed by atoms with Gasteiger partial charge in [-0.3, -0.25) is 0 Å². The van der Waals surface area contributed by atoms with Gasteiger partial charge < -0.3 is 20.1 Å². The van der Waals surface area contributed by atoms with Crippen molar-refractivity contribution in [1.29, 1.82) is 0 Å². The largest absolute Gasteiger partial charge is 0.391 e. The van der Waals surface area contributed by atoms with E-state index in [1.54, 1.807) is 4.90 Å². The molecule has 5 heteroatoms. The van der Waals surface area contributed by atoms with Gasteiger partial charge in [-0.2, -0.15) is 0 Å². The zero-order valence-electron chi connectivity index (χ0n) is 10.8. The Hall–Kier alpha value is -0.810. The molecular weight excluding hydrogens is 232 g/mol. The molecule has 3 aliphatic rings. The van der Waals surface area contributed by atoms with Crippen LogP contribution >= 0.6 is 0 Å². The molecule has 0 aromatic rings. The lowest BCUT2D eigenvalue weighted by Crippen LogP contribution is -2.53. The second kappa shape index (κ2) is 4.70. The molecule has 2 bridgehead atoms. The van der Waals surface area contributed by atoms with Crippen LogP contribution in [0.4, 0.5) is 4.79 Å². The molecule has 0 radical (unpaired) electrons.